The molecule has 2 N–H and O–H groups in total. The highest BCUT2D eigenvalue weighted by Crippen LogP contribution is 2.14. The van der Waals surface area contributed by atoms with Gasteiger partial charge in [-0.2, -0.15) is 4.72 Å². The molecule has 0 aliphatic heterocycles. The topological polar surface area (TPSA) is 75.3 Å². The van der Waals surface area contributed by atoms with Crippen molar-refractivity contribution in [2.75, 3.05) is 5.32 Å². The summed E-state index contributed by atoms with van der Waals surface area (Å²) in [7, 11) is -3.85. The first-order valence-corrected chi connectivity index (χ1v) is 10.8. The Morgan fingerprint density at radius 3 is 1.97 bits per heavy atom. The molecule has 3 rings (SSSR count). The molecule has 3 aromatic carbocycles. The van der Waals surface area contributed by atoms with Gasteiger partial charge in [0.2, 0.25) is 15.9 Å². The number of nitrogens with one attached hydrogen (secondary N) is 2. The van der Waals surface area contributed by atoms with E-state index < -0.39 is 22.0 Å². The van der Waals surface area contributed by atoms with Crippen LogP contribution >= 0.6 is 0 Å². The van der Waals surface area contributed by atoms with Gasteiger partial charge >= 0.3 is 0 Å². The van der Waals surface area contributed by atoms with Crippen molar-refractivity contribution >= 4 is 21.6 Å². The Morgan fingerprint density at radius 1 is 0.828 bits per heavy atom. The minimum Gasteiger partial charge on any atom is -0.325 e. The van der Waals surface area contributed by atoms with Crippen molar-refractivity contribution in [1.29, 1.82) is 0 Å². The fraction of sp³-hybridized carbons (Fsp3) is 0.174. The van der Waals surface area contributed by atoms with Crippen LogP contribution in [0.25, 0.3) is 0 Å². The van der Waals surface area contributed by atoms with E-state index in [0.29, 0.717) is 5.69 Å². The van der Waals surface area contributed by atoms with Crippen LogP contribution in [-0.4, -0.2) is 20.4 Å². The van der Waals surface area contributed by atoms with E-state index in [1.54, 1.807) is 24.3 Å². The maximum absolute atomic E-state index is 12.9. The highest BCUT2D eigenvalue weighted by Gasteiger charge is 2.26. The number of amides is 1. The van der Waals surface area contributed by atoms with Gasteiger partial charge in [0.05, 0.1) is 4.90 Å². The predicted molar refractivity (Wildman–Crippen MR) is 115 cm³/mol. The van der Waals surface area contributed by atoms with E-state index in [1.165, 1.54) is 12.1 Å². The van der Waals surface area contributed by atoms with Gasteiger partial charge in [0, 0.05) is 5.69 Å². The van der Waals surface area contributed by atoms with Gasteiger partial charge in [-0.3, -0.25) is 4.79 Å². The van der Waals surface area contributed by atoms with Crippen LogP contribution in [0.1, 0.15) is 16.7 Å². The molecule has 1 amide bonds. The molecule has 1 atom stereocenters. The van der Waals surface area contributed by atoms with Gasteiger partial charge in [-0.15, -0.1) is 0 Å². The zero-order valence-electron chi connectivity index (χ0n) is 16.4. The number of rotatable bonds is 7. The van der Waals surface area contributed by atoms with Crippen LogP contribution in [0.2, 0.25) is 0 Å². The Kier molecular flexibility index (Phi) is 6.46. The molecule has 6 heteroatoms. The van der Waals surface area contributed by atoms with Crippen LogP contribution in [-0.2, 0) is 21.2 Å². The van der Waals surface area contributed by atoms with Crippen molar-refractivity contribution in [3.8, 4) is 0 Å². The van der Waals surface area contributed by atoms with E-state index in [-0.39, 0.29) is 11.3 Å². The number of carbonyl (C=O) groups is 1. The standard InChI is InChI=1S/C23H24N2O3S/c1-17-8-12-20(13-9-17)24-23(26)22(16-19-6-4-3-5-7-19)25-29(27,28)21-14-10-18(2)11-15-21/h3-15,22,25H,16H2,1-2H3,(H,24,26)/t22-/m0/s1. The van der Waals surface area contributed by atoms with Gasteiger partial charge in [-0.05, 0) is 50.1 Å². The van der Waals surface area contributed by atoms with E-state index in [4.69, 9.17) is 0 Å². The molecule has 29 heavy (non-hydrogen) atoms. The number of benzene rings is 3. The van der Waals surface area contributed by atoms with Gasteiger partial charge in [0.25, 0.3) is 0 Å². The van der Waals surface area contributed by atoms with Crippen molar-refractivity contribution in [3.05, 3.63) is 95.6 Å². The maximum Gasteiger partial charge on any atom is 0.242 e. The summed E-state index contributed by atoms with van der Waals surface area (Å²) < 4.78 is 28.3. The largest absolute Gasteiger partial charge is 0.325 e. The second-order valence-electron chi connectivity index (χ2n) is 7.03. The third kappa shape index (κ3) is 5.76. The summed E-state index contributed by atoms with van der Waals surface area (Å²) in [4.78, 5) is 13.1. The quantitative estimate of drug-likeness (QED) is 0.624. The molecule has 0 aliphatic carbocycles. The number of hydrogen-bond acceptors (Lipinski definition) is 3. The van der Waals surface area contributed by atoms with Gasteiger partial charge in [0.1, 0.15) is 6.04 Å². The van der Waals surface area contributed by atoms with Crippen LogP contribution < -0.4 is 10.0 Å². The summed E-state index contributed by atoms with van der Waals surface area (Å²) in [5.74, 6) is -0.409. The number of sulfonamides is 1. The van der Waals surface area contributed by atoms with E-state index in [1.807, 2.05) is 56.3 Å². The lowest BCUT2D eigenvalue weighted by Crippen LogP contribution is -2.45. The molecule has 0 bridgehead atoms. The molecule has 0 fully saturated rings. The lowest BCUT2D eigenvalue weighted by atomic mass is 10.1. The minimum absolute atomic E-state index is 0.129. The Labute approximate surface area is 171 Å². The Bertz CT molecular complexity index is 1060. The number of hydrogen-bond donors (Lipinski definition) is 2. The molecule has 3 aromatic rings. The molecule has 0 heterocycles. The summed E-state index contributed by atoms with van der Waals surface area (Å²) in [6.45, 7) is 3.84. The number of aryl methyl sites for hydroxylation is 2. The van der Waals surface area contributed by atoms with Crippen molar-refractivity contribution in [1.82, 2.24) is 4.72 Å². The fourth-order valence-corrected chi connectivity index (χ4v) is 4.07. The Balaban J connectivity index is 1.84. The minimum atomic E-state index is -3.85. The summed E-state index contributed by atoms with van der Waals surface area (Å²) >= 11 is 0. The van der Waals surface area contributed by atoms with Gasteiger partial charge in [-0.25, -0.2) is 8.42 Å². The lowest BCUT2D eigenvalue weighted by molar-refractivity contribution is -0.117. The smallest absolute Gasteiger partial charge is 0.242 e. The van der Waals surface area contributed by atoms with Crippen molar-refractivity contribution in [3.63, 3.8) is 0 Å². The highest BCUT2D eigenvalue weighted by molar-refractivity contribution is 7.89. The number of carbonyl (C=O) groups excluding carboxylic acids is 1. The number of anilines is 1. The second kappa shape index (κ2) is 9.03. The SMILES string of the molecule is Cc1ccc(NC(=O)[C@H](Cc2ccccc2)NS(=O)(=O)c2ccc(C)cc2)cc1. The van der Waals surface area contributed by atoms with E-state index >= 15 is 0 Å². The molecule has 150 valence electrons. The first-order chi connectivity index (χ1) is 13.8. The molecule has 0 saturated carbocycles. The van der Waals surface area contributed by atoms with Crippen LogP contribution in [0.4, 0.5) is 5.69 Å². The Hall–Kier alpha value is -2.96. The van der Waals surface area contributed by atoms with Gasteiger partial charge in [0.15, 0.2) is 0 Å². The normalized spacial score (nSPS) is 12.3. The molecule has 5 nitrogen and oxygen atoms in total. The summed E-state index contributed by atoms with van der Waals surface area (Å²) in [5, 5.41) is 2.81. The predicted octanol–water partition coefficient (Wildman–Crippen LogP) is 3.83. The molecule has 0 saturated heterocycles. The second-order valence-corrected chi connectivity index (χ2v) is 8.75. The Morgan fingerprint density at radius 2 is 1.38 bits per heavy atom. The fourth-order valence-electron chi connectivity index (χ4n) is 2.88. The van der Waals surface area contributed by atoms with Crippen LogP contribution in [0.15, 0.2) is 83.8 Å². The molecular weight excluding hydrogens is 384 g/mol. The van der Waals surface area contributed by atoms with Crippen molar-refractivity contribution < 1.29 is 13.2 Å². The van der Waals surface area contributed by atoms with E-state index in [9.17, 15) is 13.2 Å². The molecule has 0 aromatic heterocycles. The van der Waals surface area contributed by atoms with Gasteiger partial charge in [-0.1, -0.05) is 65.7 Å². The van der Waals surface area contributed by atoms with Crippen LogP contribution in [0, 0.1) is 13.8 Å². The first kappa shape index (κ1) is 20.8. The van der Waals surface area contributed by atoms with Crippen LogP contribution in [0.3, 0.4) is 0 Å². The van der Waals surface area contributed by atoms with Crippen molar-refractivity contribution in [2.45, 2.75) is 31.2 Å². The maximum atomic E-state index is 12.9. The zero-order valence-corrected chi connectivity index (χ0v) is 17.2. The molecule has 0 spiro atoms. The summed E-state index contributed by atoms with van der Waals surface area (Å²) in [6.07, 6.45) is 0.240. The van der Waals surface area contributed by atoms with Crippen molar-refractivity contribution in [2.24, 2.45) is 0 Å². The molecular formula is C23H24N2O3S. The molecule has 0 unspecified atom stereocenters. The average Bonchev–Trinajstić information content (AvgIpc) is 2.70. The average molecular weight is 409 g/mol. The van der Waals surface area contributed by atoms with E-state index in [0.717, 1.165) is 16.7 Å². The van der Waals surface area contributed by atoms with E-state index in [2.05, 4.69) is 10.0 Å². The highest BCUT2D eigenvalue weighted by atomic mass is 32.2. The molecule has 0 radical (unpaired) electrons. The zero-order chi connectivity index (χ0) is 20.9. The first-order valence-electron chi connectivity index (χ1n) is 9.34. The van der Waals surface area contributed by atoms with Gasteiger partial charge < -0.3 is 5.32 Å². The monoisotopic (exact) mass is 408 g/mol. The third-order valence-corrected chi connectivity index (χ3v) is 6.03. The summed E-state index contributed by atoms with van der Waals surface area (Å²) in [6, 6.07) is 22.3. The lowest BCUT2D eigenvalue weighted by Gasteiger charge is -2.19. The molecule has 0 aliphatic rings. The summed E-state index contributed by atoms with van der Waals surface area (Å²) in [5.41, 5.74) is 3.52. The third-order valence-electron chi connectivity index (χ3n) is 4.55. The van der Waals surface area contributed by atoms with Crippen LogP contribution in [0.5, 0.6) is 0 Å².